The van der Waals surface area contributed by atoms with Crippen LogP contribution in [0.3, 0.4) is 0 Å². The third-order valence-electron chi connectivity index (χ3n) is 8.62. The standard InChI is InChI=1S/2C19H21NO4/c1-23-19-9-3-2-7-16(19)20-11-5-6-14(20)13-24-18-10-4-8-17(22)15(18)12-21;1-23-19-9-3-2-7-16(19)20-11-5-6-14(12-20)24-18-10-4-8-17(22)15(18)13-21/h2-4,7-10,12,14,22H,5-6,11,13H2,1H3;2-4,7-10,13-14,22H,5-6,11-12H2,1H3/t14-;/m0./s1. The number of hydrogen-bond donors (Lipinski definition) is 2. The number of aldehydes is 2. The molecule has 1 unspecified atom stereocenters. The van der Waals surface area contributed by atoms with Crippen molar-refractivity contribution in [2.24, 2.45) is 0 Å². The molecule has 0 bridgehead atoms. The van der Waals surface area contributed by atoms with Crippen molar-refractivity contribution in [3.63, 3.8) is 0 Å². The van der Waals surface area contributed by atoms with Crippen LogP contribution < -0.4 is 28.7 Å². The average Bonchev–Trinajstić information content (AvgIpc) is 3.60. The van der Waals surface area contributed by atoms with E-state index in [1.807, 2.05) is 48.5 Å². The number of piperidine rings is 1. The normalized spacial score (nSPS) is 17.1. The van der Waals surface area contributed by atoms with E-state index in [0.717, 1.165) is 61.6 Å². The highest BCUT2D eigenvalue weighted by atomic mass is 16.5. The SMILES string of the molecule is COc1ccccc1N1CCCC(Oc2cccc(O)c2C=O)C1.COc1ccccc1N1CCC[C@H]1COc1cccc(O)c1C=O. The Bertz CT molecular complexity index is 1680. The summed E-state index contributed by atoms with van der Waals surface area (Å²) in [6.45, 7) is 3.02. The lowest BCUT2D eigenvalue weighted by atomic mass is 10.1. The number of phenols is 2. The van der Waals surface area contributed by atoms with E-state index in [4.69, 9.17) is 18.9 Å². The minimum absolute atomic E-state index is 0.0517. The van der Waals surface area contributed by atoms with Crippen LogP contribution in [0.4, 0.5) is 11.4 Å². The summed E-state index contributed by atoms with van der Waals surface area (Å²) in [7, 11) is 3.34. The summed E-state index contributed by atoms with van der Waals surface area (Å²) in [6.07, 6.45) is 5.17. The summed E-state index contributed by atoms with van der Waals surface area (Å²) in [5, 5.41) is 19.5. The molecule has 6 rings (SSSR count). The Morgan fingerprint density at radius 1 is 0.688 bits per heavy atom. The molecular weight excluding hydrogens is 612 g/mol. The van der Waals surface area contributed by atoms with Gasteiger partial charge in [-0.2, -0.15) is 0 Å². The van der Waals surface area contributed by atoms with Crippen LogP contribution in [0.1, 0.15) is 46.4 Å². The second-order valence-corrected chi connectivity index (χ2v) is 11.6. The Morgan fingerprint density at radius 3 is 1.92 bits per heavy atom. The first kappa shape index (κ1) is 34.0. The number of benzene rings is 4. The van der Waals surface area contributed by atoms with Crippen molar-refractivity contribution in [3.05, 3.63) is 96.1 Å². The van der Waals surface area contributed by atoms with Gasteiger partial charge in [0.2, 0.25) is 0 Å². The van der Waals surface area contributed by atoms with E-state index >= 15 is 0 Å². The van der Waals surface area contributed by atoms with E-state index in [0.29, 0.717) is 37.2 Å². The second kappa shape index (κ2) is 16.4. The molecule has 4 aromatic carbocycles. The van der Waals surface area contributed by atoms with Gasteiger partial charge in [0.1, 0.15) is 47.2 Å². The van der Waals surface area contributed by atoms with E-state index in [1.54, 1.807) is 38.5 Å². The Kier molecular flexibility index (Phi) is 11.6. The Hall–Kier alpha value is -5.38. The van der Waals surface area contributed by atoms with Gasteiger partial charge in [-0.25, -0.2) is 0 Å². The molecule has 0 saturated carbocycles. The predicted molar refractivity (Wildman–Crippen MR) is 185 cm³/mol. The maximum atomic E-state index is 11.2. The number of nitrogens with zero attached hydrogens (tertiary/aromatic N) is 2. The van der Waals surface area contributed by atoms with Crippen molar-refractivity contribution < 1.29 is 38.7 Å². The second-order valence-electron chi connectivity index (χ2n) is 11.6. The van der Waals surface area contributed by atoms with Crippen molar-refractivity contribution in [3.8, 4) is 34.5 Å². The summed E-state index contributed by atoms with van der Waals surface area (Å²) >= 11 is 0. The zero-order valence-electron chi connectivity index (χ0n) is 27.3. The minimum atomic E-state index is -0.0597. The monoisotopic (exact) mass is 654 g/mol. The molecule has 2 N–H and O–H groups in total. The van der Waals surface area contributed by atoms with Crippen molar-refractivity contribution >= 4 is 23.9 Å². The average molecular weight is 655 g/mol. The molecule has 0 aromatic heterocycles. The molecular formula is C38H42N2O8. The van der Waals surface area contributed by atoms with Gasteiger partial charge in [-0.15, -0.1) is 0 Å². The van der Waals surface area contributed by atoms with Gasteiger partial charge >= 0.3 is 0 Å². The Labute approximate surface area is 281 Å². The van der Waals surface area contributed by atoms with Crippen LogP contribution in [0.25, 0.3) is 0 Å². The first-order valence-electron chi connectivity index (χ1n) is 16.1. The molecule has 0 spiro atoms. The molecule has 252 valence electrons. The highest BCUT2D eigenvalue weighted by molar-refractivity contribution is 5.84. The molecule has 0 aliphatic carbocycles. The number of carbonyl (C=O) groups excluding carboxylic acids is 2. The fraction of sp³-hybridized carbons (Fsp3) is 0.316. The highest BCUT2D eigenvalue weighted by Gasteiger charge is 2.28. The number of anilines is 2. The molecule has 48 heavy (non-hydrogen) atoms. The number of hydrogen-bond acceptors (Lipinski definition) is 10. The Balaban J connectivity index is 0.000000188. The van der Waals surface area contributed by atoms with Crippen LogP contribution in [0.2, 0.25) is 0 Å². The lowest BCUT2D eigenvalue weighted by molar-refractivity contribution is 0.110. The molecule has 10 nitrogen and oxygen atoms in total. The lowest BCUT2D eigenvalue weighted by Gasteiger charge is -2.35. The van der Waals surface area contributed by atoms with Gasteiger partial charge in [0.15, 0.2) is 12.6 Å². The zero-order valence-corrected chi connectivity index (χ0v) is 27.3. The van der Waals surface area contributed by atoms with Crippen LogP contribution >= 0.6 is 0 Å². The summed E-state index contributed by atoms with van der Waals surface area (Å²) < 4.78 is 22.8. The smallest absolute Gasteiger partial charge is 0.157 e. The highest BCUT2D eigenvalue weighted by Crippen LogP contribution is 2.35. The molecule has 2 saturated heterocycles. The maximum Gasteiger partial charge on any atom is 0.157 e. The zero-order chi connectivity index (χ0) is 33.9. The van der Waals surface area contributed by atoms with Crippen LogP contribution in [0.15, 0.2) is 84.9 Å². The van der Waals surface area contributed by atoms with E-state index in [9.17, 15) is 19.8 Å². The molecule has 2 atom stereocenters. The molecule has 4 aromatic rings. The van der Waals surface area contributed by atoms with Crippen molar-refractivity contribution in [2.45, 2.75) is 37.8 Å². The quantitative estimate of drug-likeness (QED) is 0.173. The van der Waals surface area contributed by atoms with E-state index < -0.39 is 0 Å². The van der Waals surface area contributed by atoms with Crippen LogP contribution in [-0.4, -0.2) is 75.4 Å². The number of methoxy groups -OCH3 is 2. The fourth-order valence-corrected chi connectivity index (χ4v) is 6.23. The topological polar surface area (TPSA) is 118 Å². The van der Waals surface area contributed by atoms with Gasteiger partial charge in [-0.1, -0.05) is 36.4 Å². The first-order valence-corrected chi connectivity index (χ1v) is 16.1. The molecule has 10 heteroatoms. The van der Waals surface area contributed by atoms with Gasteiger partial charge < -0.3 is 39.0 Å². The van der Waals surface area contributed by atoms with Crippen molar-refractivity contribution in [1.82, 2.24) is 0 Å². The summed E-state index contributed by atoms with van der Waals surface area (Å²) in [6, 6.07) is 25.8. The Morgan fingerprint density at radius 2 is 1.25 bits per heavy atom. The summed E-state index contributed by atoms with van der Waals surface area (Å²) in [4.78, 5) is 26.9. The fourth-order valence-electron chi connectivity index (χ4n) is 6.23. The predicted octanol–water partition coefficient (Wildman–Crippen LogP) is 6.52. The van der Waals surface area contributed by atoms with Gasteiger partial charge in [-0.3, -0.25) is 9.59 Å². The maximum absolute atomic E-state index is 11.2. The molecule has 2 aliphatic heterocycles. The van der Waals surface area contributed by atoms with Crippen molar-refractivity contribution in [1.29, 1.82) is 0 Å². The van der Waals surface area contributed by atoms with Gasteiger partial charge in [-0.05, 0) is 74.2 Å². The molecule has 2 fully saturated rings. The summed E-state index contributed by atoms with van der Waals surface area (Å²) in [5.41, 5.74) is 2.49. The summed E-state index contributed by atoms with van der Waals surface area (Å²) in [5.74, 6) is 2.41. The number of rotatable bonds is 11. The van der Waals surface area contributed by atoms with Crippen LogP contribution in [0, 0.1) is 0 Å². The van der Waals surface area contributed by atoms with Crippen molar-refractivity contribution in [2.75, 3.05) is 50.3 Å². The molecule has 2 heterocycles. The molecule has 2 aliphatic rings. The number of ether oxygens (including phenoxy) is 4. The van der Waals surface area contributed by atoms with Gasteiger partial charge in [0.25, 0.3) is 0 Å². The third kappa shape index (κ3) is 7.94. The number of carbonyl (C=O) groups is 2. The molecule has 0 amide bonds. The van der Waals surface area contributed by atoms with Gasteiger partial charge in [0, 0.05) is 13.1 Å². The molecule has 0 radical (unpaired) electrons. The van der Waals surface area contributed by atoms with E-state index in [-0.39, 0.29) is 34.8 Å². The number of aromatic hydroxyl groups is 2. The van der Waals surface area contributed by atoms with Gasteiger partial charge in [0.05, 0.1) is 49.3 Å². The van der Waals surface area contributed by atoms with Crippen LogP contribution in [-0.2, 0) is 0 Å². The van der Waals surface area contributed by atoms with E-state index in [1.165, 1.54) is 12.1 Å². The first-order chi connectivity index (χ1) is 23.5. The minimum Gasteiger partial charge on any atom is -0.507 e. The number of para-hydroxylation sites is 4. The largest absolute Gasteiger partial charge is 0.507 e. The van der Waals surface area contributed by atoms with E-state index in [2.05, 4.69) is 9.80 Å². The number of phenolic OH excluding ortho intramolecular Hbond substituents is 2. The lowest BCUT2D eigenvalue weighted by Crippen LogP contribution is -2.41. The van der Waals surface area contributed by atoms with Crippen LogP contribution in [0.5, 0.6) is 34.5 Å². The third-order valence-corrected chi connectivity index (χ3v) is 8.62.